The molecule has 0 saturated heterocycles. The monoisotopic (exact) mass is 378 g/mol. The van der Waals surface area contributed by atoms with E-state index in [2.05, 4.69) is 25.7 Å². The summed E-state index contributed by atoms with van der Waals surface area (Å²) in [5.41, 5.74) is 1.19. The van der Waals surface area contributed by atoms with E-state index in [1.807, 2.05) is 13.0 Å². The Labute approximate surface area is 155 Å². The van der Waals surface area contributed by atoms with Crippen molar-refractivity contribution in [3.8, 4) is 0 Å². The molecule has 0 fully saturated rings. The topological polar surface area (TPSA) is 82.5 Å². The predicted octanol–water partition coefficient (Wildman–Crippen LogP) is 3.17. The lowest BCUT2D eigenvalue weighted by Gasteiger charge is -2.13. The number of hydrogen-bond acceptors (Lipinski definition) is 6. The maximum Gasteiger partial charge on any atom is 0.259 e. The van der Waals surface area contributed by atoms with E-state index in [0.717, 1.165) is 5.69 Å². The number of benzene rings is 1. The highest BCUT2D eigenvalue weighted by molar-refractivity contribution is 6.42. The first kappa shape index (κ1) is 17.4. The van der Waals surface area contributed by atoms with Crippen LogP contribution in [0, 0.1) is 0 Å². The number of anilines is 2. The van der Waals surface area contributed by atoms with Crippen molar-refractivity contribution in [2.45, 2.75) is 13.3 Å². The minimum absolute atomic E-state index is 0.294. The van der Waals surface area contributed by atoms with E-state index < -0.39 is 0 Å². The fourth-order valence-electron chi connectivity index (χ4n) is 2.28. The van der Waals surface area contributed by atoms with Crippen molar-refractivity contribution in [3.05, 3.63) is 46.2 Å². The highest BCUT2D eigenvalue weighted by Gasteiger charge is 2.19. The van der Waals surface area contributed by atoms with Gasteiger partial charge >= 0.3 is 0 Å². The third kappa shape index (κ3) is 4.18. The lowest BCUT2D eigenvalue weighted by atomic mass is 10.3. The number of aromatic nitrogens is 2. The van der Waals surface area contributed by atoms with Gasteiger partial charge in [-0.2, -0.15) is 5.10 Å². The molecule has 0 atom stereocenters. The molecule has 1 aromatic carbocycles. The number of rotatable bonds is 4. The van der Waals surface area contributed by atoms with Gasteiger partial charge in [0.25, 0.3) is 5.91 Å². The molecule has 0 bridgehead atoms. The molecule has 2 heterocycles. The Morgan fingerprint density at radius 1 is 1.24 bits per heavy atom. The number of hydrogen-bond donors (Lipinski definition) is 2. The number of carbonyl (C=O) groups excluding carboxylic acids is 1. The summed E-state index contributed by atoms with van der Waals surface area (Å²) in [7, 11) is 0. The zero-order valence-corrected chi connectivity index (χ0v) is 15.0. The summed E-state index contributed by atoms with van der Waals surface area (Å²) in [6.07, 6.45) is 3.57. The number of carbonyl (C=O) groups is 1. The Balaban J connectivity index is 1.66. The zero-order chi connectivity index (χ0) is 17.8. The maximum atomic E-state index is 12.3. The van der Waals surface area contributed by atoms with Crippen LogP contribution >= 0.6 is 23.2 Å². The van der Waals surface area contributed by atoms with E-state index in [1.54, 1.807) is 17.1 Å². The van der Waals surface area contributed by atoms with Gasteiger partial charge in [0.15, 0.2) is 0 Å². The van der Waals surface area contributed by atoms with Crippen LogP contribution in [0.15, 0.2) is 35.7 Å². The third-order valence-corrected chi connectivity index (χ3v) is 4.25. The van der Waals surface area contributed by atoms with Crippen molar-refractivity contribution in [2.75, 3.05) is 23.4 Å². The summed E-state index contributed by atoms with van der Waals surface area (Å²) in [5.74, 6) is 0.771. The fourth-order valence-corrected chi connectivity index (χ4v) is 2.57. The molecule has 1 aliphatic heterocycles. The van der Waals surface area contributed by atoms with Crippen molar-refractivity contribution in [1.82, 2.24) is 15.3 Å². The summed E-state index contributed by atoms with van der Waals surface area (Å²) >= 11 is 12.0. The molecule has 3 rings (SSSR count). The highest BCUT2D eigenvalue weighted by atomic mass is 35.5. The minimum Gasteiger partial charge on any atom is -0.355 e. The average Bonchev–Trinajstić information content (AvgIpc) is 3.07. The molecule has 25 heavy (non-hydrogen) atoms. The number of amidine groups is 1. The Morgan fingerprint density at radius 3 is 2.68 bits per heavy atom. The largest absolute Gasteiger partial charge is 0.355 e. The third-order valence-electron chi connectivity index (χ3n) is 3.51. The first-order chi connectivity index (χ1) is 12.1. The van der Waals surface area contributed by atoms with Crippen LogP contribution in [0.3, 0.4) is 0 Å². The standard InChI is InChI=1S/C16H16Cl2N6O/c1-2-19-16-20-8-10(9-21-16)15(25)22-14-5-6-24(23-14)11-3-4-12(17)13(18)7-11/h3-4,7-9H,2,5-6H2,1H3,(H,19,20,21)(H,22,23,25). The number of halogens is 2. The summed E-state index contributed by atoms with van der Waals surface area (Å²) in [6, 6.07) is 5.29. The molecule has 1 aromatic heterocycles. The Bertz CT molecular complexity index is 809. The molecule has 0 unspecified atom stereocenters. The van der Waals surface area contributed by atoms with Gasteiger partial charge in [0.2, 0.25) is 5.95 Å². The van der Waals surface area contributed by atoms with Gasteiger partial charge in [0.1, 0.15) is 5.84 Å². The second-order valence-corrected chi connectivity index (χ2v) is 6.11. The van der Waals surface area contributed by atoms with Crippen molar-refractivity contribution in [3.63, 3.8) is 0 Å². The Kier molecular flexibility index (Phi) is 5.35. The van der Waals surface area contributed by atoms with E-state index in [0.29, 0.717) is 46.9 Å². The summed E-state index contributed by atoms with van der Waals surface area (Å²) in [6.45, 7) is 3.30. The van der Waals surface area contributed by atoms with Gasteiger partial charge in [-0.05, 0) is 25.1 Å². The van der Waals surface area contributed by atoms with Gasteiger partial charge in [0.05, 0.1) is 21.3 Å². The molecule has 2 N–H and O–H groups in total. The minimum atomic E-state index is -0.294. The fraction of sp³-hybridized carbons (Fsp3) is 0.250. The molecule has 7 nitrogen and oxygen atoms in total. The van der Waals surface area contributed by atoms with Crippen LogP contribution < -0.4 is 15.6 Å². The molecule has 130 valence electrons. The number of nitrogens with zero attached hydrogens (tertiary/aromatic N) is 4. The first-order valence-electron chi connectivity index (χ1n) is 7.74. The Hall–Kier alpha value is -2.38. The number of nitrogens with one attached hydrogen (secondary N) is 2. The number of amides is 1. The molecule has 0 saturated carbocycles. The van der Waals surface area contributed by atoms with E-state index in [4.69, 9.17) is 23.2 Å². The molecule has 0 aliphatic carbocycles. The number of hydrazone groups is 1. The average molecular weight is 379 g/mol. The van der Waals surface area contributed by atoms with Gasteiger partial charge < -0.3 is 10.6 Å². The van der Waals surface area contributed by atoms with Gasteiger partial charge in [-0.25, -0.2) is 9.97 Å². The van der Waals surface area contributed by atoms with Gasteiger partial charge in [-0.3, -0.25) is 9.80 Å². The van der Waals surface area contributed by atoms with Crippen molar-refractivity contribution >= 4 is 46.6 Å². The first-order valence-corrected chi connectivity index (χ1v) is 8.49. The van der Waals surface area contributed by atoms with E-state index in [-0.39, 0.29) is 5.91 Å². The molecular formula is C16H16Cl2N6O. The van der Waals surface area contributed by atoms with E-state index in [9.17, 15) is 4.79 Å². The smallest absolute Gasteiger partial charge is 0.259 e. The molecule has 2 aromatic rings. The van der Waals surface area contributed by atoms with Gasteiger partial charge in [-0.15, -0.1) is 0 Å². The second kappa shape index (κ2) is 7.67. The van der Waals surface area contributed by atoms with Crippen LogP contribution in [0.1, 0.15) is 23.7 Å². The second-order valence-electron chi connectivity index (χ2n) is 5.30. The van der Waals surface area contributed by atoms with E-state index in [1.165, 1.54) is 12.4 Å². The maximum absolute atomic E-state index is 12.3. The lowest BCUT2D eigenvalue weighted by Crippen LogP contribution is -2.29. The summed E-state index contributed by atoms with van der Waals surface area (Å²) in [4.78, 5) is 20.4. The zero-order valence-electron chi connectivity index (χ0n) is 13.5. The van der Waals surface area contributed by atoms with Crippen LogP contribution in [-0.2, 0) is 0 Å². The summed E-state index contributed by atoms with van der Waals surface area (Å²) < 4.78 is 0. The van der Waals surface area contributed by atoms with Crippen LogP contribution in [0.25, 0.3) is 0 Å². The van der Waals surface area contributed by atoms with Crippen molar-refractivity contribution < 1.29 is 4.79 Å². The molecule has 0 radical (unpaired) electrons. The SMILES string of the molecule is CCNc1ncc(C(=O)NC2=NN(c3ccc(Cl)c(Cl)c3)CC2)cn1. The van der Waals surface area contributed by atoms with E-state index >= 15 is 0 Å². The normalized spacial score (nSPS) is 13.6. The summed E-state index contributed by atoms with van der Waals surface area (Å²) in [5, 5.41) is 12.9. The molecule has 1 aliphatic rings. The highest BCUT2D eigenvalue weighted by Crippen LogP contribution is 2.28. The van der Waals surface area contributed by atoms with Crippen LogP contribution in [0.2, 0.25) is 10.0 Å². The lowest BCUT2D eigenvalue weighted by molar-refractivity contribution is 0.0976. The van der Waals surface area contributed by atoms with Crippen molar-refractivity contribution in [2.24, 2.45) is 5.10 Å². The van der Waals surface area contributed by atoms with Gasteiger partial charge in [0, 0.05) is 31.9 Å². The molecule has 1 amide bonds. The quantitative estimate of drug-likeness (QED) is 0.853. The molecule has 0 spiro atoms. The molecule has 9 heteroatoms. The van der Waals surface area contributed by atoms with Crippen LogP contribution in [0.4, 0.5) is 11.6 Å². The Morgan fingerprint density at radius 2 is 2.00 bits per heavy atom. The van der Waals surface area contributed by atoms with Gasteiger partial charge in [-0.1, -0.05) is 23.2 Å². The van der Waals surface area contributed by atoms with Crippen molar-refractivity contribution in [1.29, 1.82) is 0 Å². The van der Waals surface area contributed by atoms with Crippen LogP contribution in [-0.4, -0.2) is 34.8 Å². The molecular weight excluding hydrogens is 363 g/mol. The van der Waals surface area contributed by atoms with Crippen LogP contribution in [0.5, 0.6) is 0 Å². The predicted molar refractivity (Wildman–Crippen MR) is 99.5 cm³/mol.